The summed E-state index contributed by atoms with van der Waals surface area (Å²) in [6.07, 6.45) is 0.141. The van der Waals surface area contributed by atoms with Crippen molar-refractivity contribution in [3.05, 3.63) is 24.3 Å². The van der Waals surface area contributed by atoms with Gasteiger partial charge in [-0.05, 0) is 66.3 Å². The normalized spacial score (nSPS) is 13.5. The van der Waals surface area contributed by atoms with E-state index in [1.54, 1.807) is 0 Å². The van der Waals surface area contributed by atoms with Crippen LogP contribution >= 0.6 is 0 Å². The molecule has 2 aromatic rings. The molecule has 0 aliphatic rings. The monoisotopic (exact) mass is 359 g/mol. The highest BCUT2D eigenvalue weighted by Crippen LogP contribution is 2.18. The van der Waals surface area contributed by atoms with E-state index >= 15 is 0 Å². The average Bonchev–Trinajstić information content (AvgIpc) is 2.56. The van der Waals surface area contributed by atoms with Gasteiger partial charge in [-0.3, -0.25) is 9.80 Å². The number of hydrogen-bond donors (Lipinski definition) is 4. The molecule has 1 aromatic carbocycles. The molecule has 0 aliphatic carbocycles. The summed E-state index contributed by atoms with van der Waals surface area (Å²) in [5.74, 6) is 1.44. The van der Waals surface area contributed by atoms with Crippen molar-refractivity contribution < 1.29 is 0 Å². The number of benzene rings is 1. The van der Waals surface area contributed by atoms with Crippen molar-refractivity contribution in [3.63, 3.8) is 0 Å². The second-order valence-electron chi connectivity index (χ2n) is 6.62. The van der Waals surface area contributed by atoms with Crippen molar-refractivity contribution in [1.82, 2.24) is 24.8 Å². The molecule has 2 atom stereocenters. The number of rotatable bonds is 8. The lowest BCUT2D eigenvalue weighted by Crippen LogP contribution is -2.34. The summed E-state index contributed by atoms with van der Waals surface area (Å²) >= 11 is 0. The van der Waals surface area contributed by atoms with Crippen LogP contribution in [0.2, 0.25) is 0 Å². The maximum absolute atomic E-state index is 5.74. The summed E-state index contributed by atoms with van der Waals surface area (Å²) in [5, 5.41) is 9.73. The van der Waals surface area contributed by atoms with Crippen LogP contribution < -0.4 is 21.7 Å². The van der Waals surface area contributed by atoms with Crippen molar-refractivity contribution >= 4 is 29.2 Å². The van der Waals surface area contributed by atoms with Gasteiger partial charge in [-0.2, -0.15) is 15.0 Å². The van der Waals surface area contributed by atoms with Gasteiger partial charge in [0, 0.05) is 11.4 Å². The molecule has 0 bridgehead atoms. The van der Waals surface area contributed by atoms with E-state index in [1.165, 1.54) is 0 Å². The summed E-state index contributed by atoms with van der Waals surface area (Å²) in [7, 11) is 7.94. The minimum absolute atomic E-state index is 0.0703. The molecule has 0 fully saturated rings. The molecule has 2 unspecified atom stereocenters. The fraction of sp³-hybridized carbons (Fsp3) is 0.471. The van der Waals surface area contributed by atoms with Crippen LogP contribution in [-0.4, -0.2) is 65.3 Å². The number of nitrogens with zero attached hydrogens (tertiary/aromatic N) is 5. The molecule has 9 nitrogen and oxygen atoms in total. The van der Waals surface area contributed by atoms with Crippen LogP contribution in [0.5, 0.6) is 0 Å². The second-order valence-corrected chi connectivity index (χ2v) is 6.62. The Morgan fingerprint density at radius 2 is 1.19 bits per heavy atom. The van der Waals surface area contributed by atoms with Crippen LogP contribution in [0.15, 0.2) is 24.3 Å². The van der Waals surface area contributed by atoms with E-state index in [-0.39, 0.29) is 12.3 Å². The minimum Gasteiger partial charge on any atom is -0.399 e. The molecule has 0 aliphatic heterocycles. The van der Waals surface area contributed by atoms with Gasteiger partial charge >= 0.3 is 0 Å². The maximum atomic E-state index is 5.74. The fourth-order valence-electron chi connectivity index (χ4n) is 1.89. The van der Waals surface area contributed by atoms with Gasteiger partial charge < -0.3 is 21.7 Å². The van der Waals surface area contributed by atoms with Gasteiger partial charge in [-0.25, -0.2) is 0 Å². The van der Waals surface area contributed by atoms with E-state index in [1.807, 2.05) is 76.1 Å². The minimum atomic E-state index is 0.0703. The quantitative estimate of drug-likeness (QED) is 0.415. The zero-order valence-electron chi connectivity index (χ0n) is 16.3. The molecule has 26 heavy (non-hydrogen) atoms. The lowest BCUT2D eigenvalue weighted by molar-refractivity contribution is 0.340. The Kier molecular flexibility index (Phi) is 6.53. The second kappa shape index (κ2) is 8.63. The van der Waals surface area contributed by atoms with E-state index < -0.39 is 0 Å². The van der Waals surface area contributed by atoms with Crippen LogP contribution in [0.1, 0.15) is 13.8 Å². The lowest BCUT2D eigenvalue weighted by atomic mass is 10.3. The van der Waals surface area contributed by atoms with Gasteiger partial charge in [0.1, 0.15) is 0 Å². The molecule has 142 valence electrons. The Morgan fingerprint density at radius 3 is 1.62 bits per heavy atom. The van der Waals surface area contributed by atoms with Gasteiger partial charge in [0.2, 0.25) is 17.8 Å². The predicted molar refractivity (Wildman–Crippen MR) is 108 cm³/mol. The molecule has 1 heterocycles. The highest BCUT2D eigenvalue weighted by atomic mass is 15.3. The molecule has 5 N–H and O–H groups in total. The van der Waals surface area contributed by atoms with Crippen LogP contribution in [0.4, 0.5) is 29.2 Å². The number of nitrogens with two attached hydrogens (primary N) is 1. The van der Waals surface area contributed by atoms with Crippen molar-refractivity contribution in [1.29, 1.82) is 0 Å². The molecule has 0 spiro atoms. The first-order valence-corrected chi connectivity index (χ1v) is 8.49. The van der Waals surface area contributed by atoms with Crippen molar-refractivity contribution in [2.75, 3.05) is 49.9 Å². The van der Waals surface area contributed by atoms with Crippen molar-refractivity contribution in [2.45, 2.75) is 26.2 Å². The molecular weight excluding hydrogens is 330 g/mol. The molecular formula is C17H29N9. The van der Waals surface area contributed by atoms with Gasteiger partial charge in [0.15, 0.2) is 0 Å². The zero-order valence-corrected chi connectivity index (χ0v) is 16.3. The molecule has 0 radical (unpaired) electrons. The van der Waals surface area contributed by atoms with E-state index in [0.29, 0.717) is 23.5 Å². The van der Waals surface area contributed by atoms with Crippen LogP contribution in [0, 0.1) is 0 Å². The molecule has 9 heteroatoms. The molecule has 1 aromatic heterocycles. The molecule has 0 saturated heterocycles. The Balaban J connectivity index is 2.27. The largest absolute Gasteiger partial charge is 0.399 e. The average molecular weight is 359 g/mol. The highest BCUT2D eigenvalue weighted by Gasteiger charge is 2.13. The van der Waals surface area contributed by atoms with Gasteiger partial charge in [0.25, 0.3) is 0 Å². The smallest absolute Gasteiger partial charge is 0.233 e. The number of nitrogens with one attached hydrogen (secondary N) is 3. The third kappa shape index (κ3) is 5.71. The predicted octanol–water partition coefficient (Wildman–Crippen LogP) is 1.84. The van der Waals surface area contributed by atoms with Crippen LogP contribution in [-0.2, 0) is 0 Å². The van der Waals surface area contributed by atoms with Gasteiger partial charge in [-0.15, -0.1) is 0 Å². The number of hydrogen-bond acceptors (Lipinski definition) is 9. The maximum Gasteiger partial charge on any atom is 0.233 e. The highest BCUT2D eigenvalue weighted by molar-refractivity contribution is 5.58. The number of aromatic nitrogens is 3. The molecule has 0 amide bonds. The van der Waals surface area contributed by atoms with Crippen molar-refractivity contribution in [2.24, 2.45) is 0 Å². The summed E-state index contributed by atoms with van der Waals surface area (Å²) in [4.78, 5) is 17.5. The first-order valence-electron chi connectivity index (χ1n) is 8.49. The summed E-state index contributed by atoms with van der Waals surface area (Å²) in [6.45, 7) is 4.07. The number of nitrogen functional groups attached to an aromatic ring is 1. The summed E-state index contributed by atoms with van der Waals surface area (Å²) < 4.78 is 0. The first-order chi connectivity index (χ1) is 12.2. The first kappa shape index (κ1) is 19.7. The van der Waals surface area contributed by atoms with E-state index in [2.05, 4.69) is 30.9 Å². The zero-order chi connectivity index (χ0) is 19.3. The third-order valence-electron chi connectivity index (χ3n) is 4.03. The Morgan fingerprint density at radius 1 is 0.769 bits per heavy atom. The number of anilines is 5. The summed E-state index contributed by atoms with van der Waals surface area (Å²) in [6, 6.07) is 7.41. The Hall–Kier alpha value is -2.65. The SMILES string of the molecule is CC(Nc1nc(Nc2ccc(N)cc2)nc(NC(C)N(C)C)n1)N(C)C. The van der Waals surface area contributed by atoms with E-state index in [4.69, 9.17) is 5.73 Å². The Bertz CT molecular complexity index is 666. The van der Waals surface area contributed by atoms with E-state index in [9.17, 15) is 0 Å². The standard InChI is InChI=1S/C17H29N9/c1-11(25(3)4)19-15-22-16(20-12(2)26(5)6)24-17(23-15)21-14-9-7-13(18)8-10-14/h7-12H,18H2,1-6H3,(H3,19,20,21,22,23,24). The fourth-order valence-corrected chi connectivity index (χ4v) is 1.89. The summed E-state index contributed by atoms with van der Waals surface area (Å²) in [5.41, 5.74) is 7.29. The van der Waals surface area contributed by atoms with Gasteiger partial charge in [0.05, 0.1) is 12.3 Å². The molecule has 0 saturated carbocycles. The lowest BCUT2D eigenvalue weighted by Gasteiger charge is -2.23. The Labute approximate surface area is 155 Å². The third-order valence-corrected chi connectivity index (χ3v) is 4.03. The molecule has 2 rings (SSSR count). The van der Waals surface area contributed by atoms with E-state index in [0.717, 1.165) is 5.69 Å². The van der Waals surface area contributed by atoms with Crippen molar-refractivity contribution in [3.8, 4) is 0 Å². The van der Waals surface area contributed by atoms with Crippen LogP contribution in [0.3, 0.4) is 0 Å². The van der Waals surface area contributed by atoms with Gasteiger partial charge in [-0.1, -0.05) is 0 Å². The topological polar surface area (TPSA) is 107 Å². The van der Waals surface area contributed by atoms with Crippen LogP contribution in [0.25, 0.3) is 0 Å².